The Morgan fingerprint density at radius 2 is 1.31 bits per heavy atom. The molecule has 0 bridgehead atoms. The fraction of sp³-hybridized carbons (Fsp3) is 0.143. The molecule has 0 fully saturated rings. The van der Waals surface area contributed by atoms with Gasteiger partial charge < -0.3 is 14.6 Å². The third-order valence-corrected chi connectivity index (χ3v) is 3.58. The minimum atomic E-state index is -0.627. The molecule has 0 atom stereocenters. The van der Waals surface area contributed by atoms with E-state index in [0.717, 1.165) is 11.1 Å². The monoisotopic (exact) mass is 352 g/mol. The van der Waals surface area contributed by atoms with Crippen molar-refractivity contribution < 1.29 is 24.2 Å². The molecule has 1 N–H and O–H groups in total. The summed E-state index contributed by atoms with van der Waals surface area (Å²) in [4.78, 5) is 23.5. The number of hydrogen-bond acceptors (Lipinski definition) is 5. The standard InChI is InChI=1S/C21H20O5/c1-12(2)20(23)25-18-10-15(7-6-14(18)5)16-8-9-17(22)19(11-16)26-21(24)13(3)4/h6-11,22H,1,3H2,2,4-5H3. The molecule has 2 aromatic rings. The Labute approximate surface area is 152 Å². The summed E-state index contributed by atoms with van der Waals surface area (Å²) in [5.41, 5.74) is 2.72. The van der Waals surface area contributed by atoms with Gasteiger partial charge in [-0.2, -0.15) is 0 Å². The van der Waals surface area contributed by atoms with Crippen LogP contribution in [-0.2, 0) is 9.59 Å². The number of aromatic hydroxyl groups is 1. The van der Waals surface area contributed by atoms with Crippen molar-refractivity contribution in [3.8, 4) is 28.4 Å². The van der Waals surface area contributed by atoms with Crippen LogP contribution in [0.1, 0.15) is 19.4 Å². The summed E-state index contributed by atoms with van der Waals surface area (Å²) in [7, 11) is 0. The van der Waals surface area contributed by atoms with Gasteiger partial charge in [-0.1, -0.05) is 31.4 Å². The molecule has 0 aliphatic carbocycles. The van der Waals surface area contributed by atoms with E-state index in [4.69, 9.17) is 9.47 Å². The van der Waals surface area contributed by atoms with Gasteiger partial charge in [-0.05, 0) is 55.7 Å². The Bertz CT molecular complexity index is 833. The first-order valence-electron chi connectivity index (χ1n) is 7.88. The van der Waals surface area contributed by atoms with E-state index in [-0.39, 0.29) is 17.1 Å². The zero-order chi connectivity index (χ0) is 19.4. The van der Waals surface area contributed by atoms with Crippen LogP contribution in [0.15, 0.2) is 60.7 Å². The summed E-state index contributed by atoms with van der Waals surface area (Å²) < 4.78 is 10.5. The van der Waals surface area contributed by atoms with Gasteiger partial charge in [0.15, 0.2) is 11.5 Å². The highest BCUT2D eigenvalue weighted by Gasteiger charge is 2.13. The summed E-state index contributed by atoms with van der Waals surface area (Å²) in [6.07, 6.45) is 0. The first-order chi connectivity index (χ1) is 12.2. The molecule has 0 aliphatic rings. The Balaban J connectivity index is 2.39. The molecule has 2 rings (SSSR count). The van der Waals surface area contributed by atoms with Gasteiger partial charge in [-0.3, -0.25) is 0 Å². The average Bonchev–Trinajstić information content (AvgIpc) is 2.58. The van der Waals surface area contributed by atoms with Gasteiger partial charge in [0.25, 0.3) is 0 Å². The maximum absolute atomic E-state index is 11.8. The lowest BCUT2D eigenvalue weighted by Crippen LogP contribution is -2.09. The second-order valence-corrected chi connectivity index (χ2v) is 6.00. The van der Waals surface area contributed by atoms with Crippen LogP contribution in [0.3, 0.4) is 0 Å². The van der Waals surface area contributed by atoms with Crippen molar-refractivity contribution in [3.05, 3.63) is 66.3 Å². The van der Waals surface area contributed by atoms with Crippen LogP contribution in [0.25, 0.3) is 11.1 Å². The number of benzene rings is 2. The Kier molecular flexibility index (Phi) is 5.62. The maximum Gasteiger partial charge on any atom is 0.338 e. The minimum absolute atomic E-state index is 0.0246. The topological polar surface area (TPSA) is 72.8 Å². The third-order valence-electron chi connectivity index (χ3n) is 3.58. The third kappa shape index (κ3) is 4.39. The number of aryl methyl sites for hydroxylation is 1. The molecule has 0 aromatic heterocycles. The number of carbonyl (C=O) groups excluding carboxylic acids is 2. The molecule has 26 heavy (non-hydrogen) atoms. The van der Waals surface area contributed by atoms with Crippen molar-refractivity contribution in [1.29, 1.82) is 0 Å². The van der Waals surface area contributed by atoms with E-state index in [1.54, 1.807) is 19.1 Å². The van der Waals surface area contributed by atoms with Gasteiger partial charge in [0.2, 0.25) is 0 Å². The van der Waals surface area contributed by atoms with E-state index in [2.05, 4.69) is 13.2 Å². The van der Waals surface area contributed by atoms with Crippen LogP contribution in [0.2, 0.25) is 0 Å². The molecule has 5 nitrogen and oxygen atoms in total. The van der Waals surface area contributed by atoms with Crippen LogP contribution >= 0.6 is 0 Å². The number of ether oxygens (including phenoxy) is 2. The van der Waals surface area contributed by atoms with Crippen LogP contribution in [0.5, 0.6) is 17.2 Å². The first-order valence-corrected chi connectivity index (χ1v) is 7.88. The van der Waals surface area contributed by atoms with E-state index < -0.39 is 11.9 Å². The number of hydrogen-bond donors (Lipinski definition) is 1. The average molecular weight is 352 g/mol. The van der Waals surface area contributed by atoms with Gasteiger partial charge in [-0.25, -0.2) is 9.59 Å². The van der Waals surface area contributed by atoms with Crippen molar-refractivity contribution in [1.82, 2.24) is 0 Å². The van der Waals surface area contributed by atoms with E-state index in [1.165, 1.54) is 19.1 Å². The number of rotatable bonds is 5. The predicted molar refractivity (Wildman–Crippen MR) is 99.2 cm³/mol. The van der Waals surface area contributed by atoms with Crippen molar-refractivity contribution in [3.63, 3.8) is 0 Å². The maximum atomic E-state index is 11.8. The lowest BCUT2D eigenvalue weighted by atomic mass is 10.0. The van der Waals surface area contributed by atoms with E-state index >= 15 is 0 Å². The highest BCUT2D eigenvalue weighted by Crippen LogP contribution is 2.34. The molecule has 2 aromatic carbocycles. The van der Waals surface area contributed by atoms with Crippen molar-refractivity contribution in [2.45, 2.75) is 20.8 Å². The van der Waals surface area contributed by atoms with E-state index in [0.29, 0.717) is 16.9 Å². The van der Waals surface area contributed by atoms with Crippen molar-refractivity contribution in [2.24, 2.45) is 0 Å². The number of phenols is 1. The van der Waals surface area contributed by atoms with Crippen LogP contribution < -0.4 is 9.47 Å². The lowest BCUT2D eigenvalue weighted by Gasteiger charge is -2.12. The van der Waals surface area contributed by atoms with Gasteiger partial charge >= 0.3 is 11.9 Å². The molecule has 0 aliphatic heterocycles. The molecule has 0 radical (unpaired) electrons. The van der Waals surface area contributed by atoms with Crippen LogP contribution in [0.4, 0.5) is 0 Å². The number of carbonyl (C=O) groups is 2. The Morgan fingerprint density at radius 3 is 1.85 bits per heavy atom. The first kappa shape index (κ1) is 19.0. The normalized spacial score (nSPS) is 10.1. The van der Waals surface area contributed by atoms with E-state index in [9.17, 15) is 14.7 Å². The van der Waals surface area contributed by atoms with Crippen molar-refractivity contribution in [2.75, 3.05) is 0 Å². The number of esters is 2. The largest absolute Gasteiger partial charge is 0.504 e. The minimum Gasteiger partial charge on any atom is -0.504 e. The Hall–Kier alpha value is -3.34. The zero-order valence-corrected chi connectivity index (χ0v) is 15.0. The highest BCUT2D eigenvalue weighted by atomic mass is 16.5. The SMILES string of the molecule is C=C(C)C(=O)Oc1cc(-c2ccc(O)c(OC(=O)C(=C)C)c2)ccc1C. The molecule has 0 spiro atoms. The zero-order valence-electron chi connectivity index (χ0n) is 15.0. The van der Waals surface area contributed by atoms with Crippen LogP contribution in [-0.4, -0.2) is 17.0 Å². The molecule has 134 valence electrons. The van der Waals surface area contributed by atoms with Gasteiger partial charge in [0.05, 0.1) is 0 Å². The molecule has 0 saturated carbocycles. The Morgan fingerprint density at radius 1 is 0.846 bits per heavy atom. The van der Waals surface area contributed by atoms with Gasteiger partial charge in [0, 0.05) is 11.1 Å². The molecular weight excluding hydrogens is 332 g/mol. The smallest absolute Gasteiger partial charge is 0.338 e. The molecule has 0 unspecified atom stereocenters. The van der Waals surface area contributed by atoms with Gasteiger partial charge in [0.1, 0.15) is 5.75 Å². The summed E-state index contributed by atoms with van der Waals surface area (Å²) in [5, 5.41) is 9.91. The molecular formula is C21H20O5. The molecule has 0 saturated heterocycles. The second kappa shape index (κ2) is 7.70. The summed E-state index contributed by atoms with van der Waals surface area (Å²) in [6.45, 7) is 12.0. The molecule has 0 amide bonds. The quantitative estimate of drug-likeness (QED) is 0.492. The fourth-order valence-electron chi connectivity index (χ4n) is 2.04. The van der Waals surface area contributed by atoms with Crippen LogP contribution in [0, 0.1) is 6.92 Å². The summed E-state index contributed by atoms with van der Waals surface area (Å²) in [5.74, 6) is -0.866. The molecule has 0 heterocycles. The van der Waals surface area contributed by atoms with Gasteiger partial charge in [-0.15, -0.1) is 0 Å². The summed E-state index contributed by atoms with van der Waals surface area (Å²) in [6, 6.07) is 9.98. The highest BCUT2D eigenvalue weighted by molar-refractivity contribution is 5.90. The number of phenolic OH excluding ortho intramolecular Hbond substituents is 1. The predicted octanol–water partition coefficient (Wildman–Crippen LogP) is 4.33. The second-order valence-electron chi connectivity index (χ2n) is 6.00. The molecule has 5 heteroatoms. The fourth-order valence-corrected chi connectivity index (χ4v) is 2.04. The van der Waals surface area contributed by atoms with Crippen molar-refractivity contribution >= 4 is 11.9 Å². The lowest BCUT2D eigenvalue weighted by molar-refractivity contribution is -0.131. The van der Waals surface area contributed by atoms with E-state index in [1.807, 2.05) is 19.1 Å². The summed E-state index contributed by atoms with van der Waals surface area (Å²) >= 11 is 0.